The fraction of sp³-hybridized carbons (Fsp3) is 0.500. The predicted octanol–water partition coefficient (Wildman–Crippen LogP) is 1.46. The van der Waals surface area contributed by atoms with Crippen LogP contribution in [0.25, 0.3) is 0 Å². The number of methoxy groups -OCH3 is 1. The number of nitrogens with two attached hydrogens (primary N) is 1. The molecule has 1 atom stereocenters. The molecule has 0 amide bonds. The van der Waals surface area contributed by atoms with Crippen LogP contribution in [0.3, 0.4) is 0 Å². The second kappa shape index (κ2) is 6.81. The number of nitrogens with zero attached hydrogens (tertiary/aromatic N) is 1. The van der Waals surface area contributed by atoms with E-state index in [-0.39, 0.29) is 0 Å². The molecule has 4 heteroatoms. The molecule has 0 aromatic carbocycles. The standard InChI is InChI=1S/C10H16N2OS/c1-13-5-6-14-10(7-11)9-3-2-4-12-8-9/h2-4,8,10H,5-7,11H2,1H3. The van der Waals surface area contributed by atoms with Crippen LogP contribution in [0.1, 0.15) is 10.8 Å². The average molecular weight is 212 g/mol. The molecule has 0 fully saturated rings. The summed E-state index contributed by atoms with van der Waals surface area (Å²) >= 11 is 1.81. The molecule has 0 aliphatic carbocycles. The SMILES string of the molecule is COCCSC(CN)c1cccnc1. The first kappa shape index (κ1) is 11.5. The lowest BCUT2D eigenvalue weighted by molar-refractivity contribution is 0.218. The van der Waals surface area contributed by atoms with Gasteiger partial charge in [0.05, 0.1) is 6.61 Å². The van der Waals surface area contributed by atoms with Gasteiger partial charge in [0, 0.05) is 37.1 Å². The summed E-state index contributed by atoms with van der Waals surface area (Å²) in [5, 5.41) is 0.332. The molecule has 1 unspecified atom stereocenters. The van der Waals surface area contributed by atoms with E-state index in [9.17, 15) is 0 Å². The molecule has 0 saturated heterocycles. The van der Waals surface area contributed by atoms with E-state index in [1.165, 1.54) is 5.56 Å². The highest BCUT2D eigenvalue weighted by atomic mass is 32.2. The predicted molar refractivity (Wildman–Crippen MR) is 60.4 cm³/mol. The smallest absolute Gasteiger partial charge is 0.0553 e. The van der Waals surface area contributed by atoms with Crippen molar-refractivity contribution >= 4 is 11.8 Å². The molecule has 0 aliphatic heterocycles. The second-order valence-corrected chi connectivity index (χ2v) is 4.18. The highest BCUT2D eigenvalue weighted by Crippen LogP contribution is 2.26. The largest absolute Gasteiger partial charge is 0.384 e. The van der Waals surface area contributed by atoms with E-state index in [2.05, 4.69) is 11.1 Å². The Hall–Kier alpha value is -0.580. The molecular formula is C10H16N2OS. The number of rotatable bonds is 6. The Kier molecular flexibility index (Phi) is 5.59. The van der Waals surface area contributed by atoms with E-state index in [0.717, 1.165) is 12.4 Å². The third-order valence-electron chi connectivity index (χ3n) is 1.88. The molecule has 0 spiro atoms. The van der Waals surface area contributed by atoms with Gasteiger partial charge in [-0.1, -0.05) is 6.07 Å². The van der Waals surface area contributed by atoms with Crippen molar-refractivity contribution in [1.29, 1.82) is 0 Å². The third kappa shape index (κ3) is 3.65. The van der Waals surface area contributed by atoms with Crippen molar-refractivity contribution < 1.29 is 4.74 Å². The molecular weight excluding hydrogens is 196 g/mol. The molecule has 14 heavy (non-hydrogen) atoms. The maximum Gasteiger partial charge on any atom is 0.0553 e. The monoisotopic (exact) mass is 212 g/mol. The van der Waals surface area contributed by atoms with E-state index in [0.29, 0.717) is 11.8 Å². The summed E-state index contributed by atoms with van der Waals surface area (Å²) < 4.78 is 5.00. The number of ether oxygens (including phenoxy) is 1. The van der Waals surface area contributed by atoms with Gasteiger partial charge in [0.1, 0.15) is 0 Å². The van der Waals surface area contributed by atoms with Crippen LogP contribution in [-0.4, -0.2) is 31.0 Å². The molecule has 0 radical (unpaired) electrons. The molecule has 0 aliphatic rings. The molecule has 78 valence electrons. The third-order valence-corrected chi connectivity index (χ3v) is 3.15. The van der Waals surface area contributed by atoms with E-state index >= 15 is 0 Å². The van der Waals surface area contributed by atoms with Crippen molar-refractivity contribution in [2.45, 2.75) is 5.25 Å². The summed E-state index contributed by atoms with van der Waals surface area (Å²) in [6.07, 6.45) is 3.65. The van der Waals surface area contributed by atoms with Gasteiger partial charge < -0.3 is 10.5 Å². The van der Waals surface area contributed by atoms with Gasteiger partial charge in [0.2, 0.25) is 0 Å². The minimum atomic E-state index is 0.332. The Bertz CT molecular complexity index is 243. The maximum absolute atomic E-state index is 5.70. The Morgan fingerprint density at radius 3 is 3.07 bits per heavy atom. The minimum absolute atomic E-state index is 0.332. The van der Waals surface area contributed by atoms with E-state index in [1.807, 2.05) is 24.0 Å². The molecule has 2 N–H and O–H groups in total. The van der Waals surface area contributed by atoms with Crippen LogP contribution in [0.5, 0.6) is 0 Å². The zero-order chi connectivity index (χ0) is 10.2. The van der Waals surface area contributed by atoms with E-state index < -0.39 is 0 Å². The molecule has 0 saturated carbocycles. The summed E-state index contributed by atoms with van der Waals surface area (Å²) in [6.45, 7) is 1.40. The van der Waals surface area contributed by atoms with Gasteiger partial charge in [-0.25, -0.2) is 0 Å². The zero-order valence-electron chi connectivity index (χ0n) is 8.35. The van der Waals surface area contributed by atoms with Crippen molar-refractivity contribution in [3.05, 3.63) is 30.1 Å². The van der Waals surface area contributed by atoms with Crippen LogP contribution >= 0.6 is 11.8 Å². The summed E-state index contributed by atoms with van der Waals surface area (Å²) in [5.41, 5.74) is 6.89. The lowest BCUT2D eigenvalue weighted by Gasteiger charge is -2.13. The Labute approximate surface area is 89.1 Å². The molecule has 3 nitrogen and oxygen atoms in total. The van der Waals surface area contributed by atoms with Gasteiger partial charge in [-0.05, 0) is 11.6 Å². The van der Waals surface area contributed by atoms with Crippen molar-refractivity contribution in [1.82, 2.24) is 4.98 Å². The van der Waals surface area contributed by atoms with Gasteiger partial charge in [-0.2, -0.15) is 0 Å². The summed E-state index contributed by atoms with van der Waals surface area (Å²) in [5.74, 6) is 0.966. The first-order chi connectivity index (χ1) is 6.88. The summed E-state index contributed by atoms with van der Waals surface area (Å²) in [7, 11) is 1.71. The van der Waals surface area contributed by atoms with E-state index in [4.69, 9.17) is 10.5 Å². The number of aromatic nitrogens is 1. The Morgan fingerprint density at radius 2 is 2.50 bits per heavy atom. The molecule has 0 bridgehead atoms. The van der Waals surface area contributed by atoms with Gasteiger partial charge >= 0.3 is 0 Å². The topological polar surface area (TPSA) is 48.1 Å². The van der Waals surface area contributed by atoms with Crippen LogP contribution in [0.15, 0.2) is 24.5 Å². The molecule has 1 rings (SSSR count). The maximum atomic E-state index is 5.70. The van der Waals surface area contributed by atoms with Crippen molar-refractivity contribution in [2.24, 2.45) is 5.73 Å². The van der Waals surface area contributed by atoms with Crippen molar-refractivity contribution in [3.63, 3.8) is 0 Å². The quantitative estimate of drug-likeness (QED) is 0.725. The van der Waals surface area contributed by atoms with E-state index in [1.54, 1.807) is 13.3 Å². The summed E-state index contributed by atoms with van der Waals surface area (Å²) in [6, 6.07) is 4.00. The van der Waals surface area contributed by atoms with Gasteiger partial charge in [0.15, 0.2) is 0 Å². The first-order valence-corrected chi connectivity index (χ1v) is 5.64. The van der Waals surface area contributed by atoms with Gasteiger partial charge in [-0.15, -0.1) is 11.8 Å². The minimum Gasteiger partial charge on any atom is -0.384 e. The lowest BCUT2D eigenvalue weighted by atomic mass is 10.2. The zero-order valence-corrected chi connectivity index (χ0v) is 9.17. The Morgan fingerprint density at radius 1 is 1.64 bits per heavy atom. The average Bonchev–Trinajstić information content (AvgIpc) is 2.26. The van der Waals surface area contributed by atoms with Crippen molar-refractivity contribution in [2.75, 3.05) is 26.0 Å². The van der Waals surface area contributed by atoms with Crippen LogP contribution in [0, 0.1) is 0 Å². The second-order valence-electron chi connectivity index (χ2n) is 2.87. The molecule has 1 heterocycles. The highest BCUT2D eigenvalue weighted by molar-refractivity contribution is 7.99. The fourth-order valence-electron chi connectivity index (χ4n) is 1.14. The normalized spacial score (nSPS) is 12.7. The highest BCUT2D eigenvalue weighted by Gasteiger charge is 2.09. The first-order valence-electron chi connectivity index (χ1n) is 4.59. The molecule has 1 aromatic rings. The molecule has 1 aromatic heterocycles. The number of thioether (sulfide) groups is 1. The lowest BCUT2D eigenvalue weighted by Crippen LogP contribution is -2.11. The summed E-state index contributed by atoms with van der Waals surface area (Å²) in [4.78, 5) is 4.08. The van der Waals surface area contributed by atoms with Crippen LogP contribution < -0.4 is 5.73 Å². The Balaban J connectivity index is 2.46. The number of hydrogen-bond donors (Lipinski definition) is 1. The number of pyridine rings is 1. The number of hydrogen-bond acceptors (Lipinski definition) is 4. The van der Waals surface area contributed by atoms with Crippen LogP contribution in [0.2, 0.25) is 0 Å². The van der Waals surface area contributed by atoms with Crippen molar-refractivity contribution in [3.8, 4) is 0 Å². The van der Waals surface area contributed by atoms with Crippen LogP contribution in [-0.2, 0) is 4.74 Å². The van der Waals surface area contributed by atoms with Gasteiger partial charge in [0.25, 0.3) is 0 Å². The van der Waals surface area contributed by atoms with Crippen LogP contribution in [0.4, 0.5) is 0 Å². The fourth-order valence-corrected chi connectivity index (χ4v) is 2.16. The van der Waals surface area contributed by atoms with Gasteiger partial charge in [-0.3, -0.25) is 4.98 Å².